The van der Waals surface area contributed by atoms with Crippen molar-refractivity contribution in [1.82, 2.24) is 20.9 Å². The fourth-order valence-corrected chi connectivity index (χ4v) is 3.66. The molecule has 0 saturated heterocycles. The monoisotopic (exact) mass is 595 g/mol. The van der Waals surface area contributed by atoms with E-state index in [0.29, 0.717) is 24.1 Å². The van der Waals surface area contributed by atoms with E-state index in [2.05, 4.69) is 26.0 Å². The van der Waals surface area contributed by atoms with E-state index in [1.54, 1.807) is 38.1 Å². The number of carboxylic acid groups (broad SMARTS) is 2. The fourth-order valence-electron chi connectivity index (χ4n) is 3.66. The molecule has 0 radical (unpaired) electrons. The van der Waals surface area contributed by atoms with Gasteiger partial charge in [0, 0.05) is 25.3 Å². The maximum atomic E-state index is 13.0. The SMILES string of the molecule is [2H]C(=O)OCc1ccc(NC(=O)[C@H](CCCCNC(=O)CN(CCNCC(=O)O)CC(=O)O)NC(=O)[C@@H](N)C(C)C)cc1. The molecule has 1 aromatic carbocycles. The number of nitrogens with one attached hydrogen (secondary N) is 4. The molecule has 1 rings (SSSR count). The number of carbonyl (C=O) groups excluding carboxylic acids is 4. The standard InChI is InChI=1S/C27H42N6O9/c1-18(2)25(28)27(41)32-21(26(40)31-20-8-6-19(7-9-20)16-42-17-34)5-3-4-10-30-22(35)14-33(15-24(38)39)12-11-29-13-23(36)37/h6-9,17-18,21,25,29H,3-5,10-16,28H2,1-2H3,(H,30,35)(H,31,40)(H,32,41)(H,36,37)(H,38,39)/t21-,25-/m0/s1/i17D. The van der Waals surface area contributed by atoms with E-state index in [1.807, 2.05) is 0 Å². The number of carbonyl (C=O) groups is 6. The summed E-state index contributed by atoms with van der Waals surface area (Å²) in [7, 11) is 0. The summed E-state index contributed by atoms with van der Waals surface area (Å²) in [5, 5.41) is 28.5. The number of nitrogens with two attached hydrogens (primary N) is 1. The molecule has 8 N–H and O–H groups in total. The average molecular weight is 596 g/mol. The van der Waals surface area contributed by atoms with Gasteiger partial charge in [0.15, 0.2) is 1.37 Å². The van der Waals surface area contributed by atoms with E-state index in [-0.39, 0.29) is 51.7 Å². The lowest BCUT2D eigenvalue weighted by Gasteiger charge is -2.22. The summed E-state index contributed by atoms with van der Waals surface area (Å²) in [5.74, 6) is -3.69. The van der Waals surface area contributed by atoms with Crippen LogP contribution < -0.4 is 27.0 Å². The lowest BCUT2D eigenvalue weighted by atomic mass is 10.0. The van der Waals surface area contributed by atoms with Crippen LogP contribution in [-0.2, 0) is 40.1 Å². The summed E-state index contributed by atoms with van der Waals surface area (Å²) in [4.78, 5) is 71.7. The Bertz CT molecular complexity index is 1090. The van der Waals surface area contributed by atoms with Gasteiger partial charge in [-0.25, -0.2) is 0 Å². The molecule has 15 heteroatoms. The minimum Gasteiger partial charge on any atom is -0.480 e. The van der Waals surface area contributed by atoms with Crippen LogP contribution in [0.25, 0.3) is 0 Å². The van der Waals surface area contributed by atoms with Crippen LogP contribution in [0.3, 0.4) is 0 Å². The highest BCUT2D eigenvalue weighted by atomic mass is 16.5. The van der Waals surface area contributed by atoms with Crippen LogP contribution in [0, 0.1) is 5.92 Å². The molecule has 42 heavy (non-hydrogen) atoms. The second-order valence-corrected chi connectivity index (χ2v) is 9.91. The third-order valence-electron chi connectivity index (χ3n) is 6.02. The van der Waals surface area contributed by atoms with Crippen LogP contribution in [0.4, 0.5) is 5.69 Å². The van der Waals surface area contributed by atoms with E-state index in [9.17, 15) is 28.8 Å². The van der Waals surface area contributed by atoms with Gasteiger partial charge in [-0.15, -0.1) is 0 Å². The van der Waals surface area contributed by atoms with Crippen molar-refractivity contribution in [3.63, 3.8) is 0 Å². The smallest absolute Gasteiger partial charge is 0.317 e. The predicted molar refractivity (Wildman–Crippen MR) is 152 cm³/mol. The lowest BCUT2D eigenvalue weighted by Crippen LogP contribution is -2.51. The van der Waals surface area contributed by atoms with Gasteiger partial charge in [-0.2, -0.15) is 0 Å². The number of unbranched alkanes of at least 4 members (excludes halogenated alkanes) is 1. The molecular weight excluding hydrogens is 552 g/mol. The Hall–Kier alpha value is -4.08. The molecule has 0 aromatic heterocycles. The van der Waals surface area contributed by atoms with Gasteiger partial charge in [0.1, 0.15) is 12.6 Å². The number of hydrogen-bond donors (Lipinski definition) is 7. The first-order chi connectivity index (χ1) is 20.3. The van der Waals surface area contributed by atoms with Crippen LogP contribution >= 0.6 is 0 Å². The maximum Gasteiger partial charge on any atom is 0.317 e. The van der Waals surface area contributed by atoms with Gasteiger partial charge in [0.05, 0.1) is 25.7 Å². The van der Waals surface area contributed by atoms with Crippen molar-refractivity contribution < 1.29 is 45.1 Å². The second-order valence-electron chi connectivity index (χ2n) is 9.91. The Morgan fingerprint density at radius 2 is 1.71 bits per heavy atom. The summed E-state index contributed by atoms with van der Waals surface area (Å²) in [6.45, 7) is 3.21. The van der Waals surface area contributed by atoms with Crippen LogP contribution in [0.5, 0.6) is 0 Å². The van der Waals surface area contributed by atoms with Crippen molar-refractivity contribution in [2.75, 3.05) is 44.6 Å². The normalized spacial score (nSPS) is 12.6. The highest BCUT2D eigenvalue weighted by Crippen LogP contribution is 2.12. The predicted octanol–water partition coefficient (Wildman–Crippen LogP) is -0.886. The summed E-state index contributed by atoms with van der Waals surface area (Å²) in [5.41, 5.74) is 7.01. The van der Waals surface area contributed by atoms with E-state index in [1.165, 1.54) is 4.90 Å². The molecule has 15 nitrogen and oxygen atoms in total. The van der Waals surface area contributed by atoms with Crippen LogP contribution in [0.2, 0.25) is 0 Å². The van der Waals surface area contributed by atoms with Gasteiger partial charge in [-0.1, -0.05) is 26.0 Å². The molecule has 0 heterocycles. The van der Waals surface area contributed by atoms with Gasteiger partial charge in [-0.3, -0.25) is 33.7 Å². The van der Waals surface area contributed by atoms with Crippen molar-refractivity contribution in [3.8, 4) is 0 Å². The molecule has 234 valence electrons. The van der Waals surface area contributed by atoms with Crippen molar-refractivity contribution in [2.24, 2.45) is 11.7 Å². The maximum absolute atomic E-state index is 13.0. The minimum atomic E-state index is -1.15. The first-order valence-electron chi connectivity index (χ1n) is 14.0. The highest BCUT2D eigenvalue weighted by Gasteiger charge is 2.25. The van der Waals surface area contributed by atoms with Gasteiger partial charge >= 0.3 is 11.9 Å². The van der Waals surface area contributed by atoms with Gasteiger partial charge in [0.25, 0.3) is 6.45 Å². The van der Waals surface area contributed by atoms with E-state index >= 15 is 0 Å². The van der Waals surface area contributed by atoms with Crippen molar-refractivity contribution >= 4 is 41.8 Å². The van der Waals surface area contributed by atoms with Crippen LogP contribution in [0.1, 0.15) is 40.0 Å². The van der Waals surface area contributed by atoms with E-state index in [0.717, 1.165) is 0 Å². The molecule has 0 aliphatic carbocycles. The zero-order chi connectivity index (χ0) is 32.4. The number of nitrogens with zero attached hydrogens (tertiary/aromatic N) is 1. The zero-order valence-corrected chi connectivity index (χ0v) is 23.9. The number of benzene rings is 1. The molecule has 2 atom stereocenters. The highest BCUT2D eigenvalue weighted by molar-refractivity contribution is 5.97. The van der Waals surface area contributed by atoms with Crippen LogP contribution in [0.15, 0.2) is 24.3 Å². The minimum absolute atomic E-state index is 0.0829. The Morgan fingerprint density at radius 1 is 1.02 bits per heavy atom. The Balaban J connectivity index is 2.65. The Labute approximate surface area is 245 Å². The molecule has 0 aliphatic rings. The molecule has 0 fully saturated rings. The molecule has 3 amide bonds. The molecular formula is C27H42N6O9. The average Bonchev–Trinajstić information content (AvgIpc) is 2.92. The van der Waals surface area contributed by atoms with Crippen molar-refractivity contribution in [1.29, 1.82) is 0 Å². The zero-order valence-electron chi connectivity index (χ0n) is 24.9. The second kappa shape index (κ2) is 19.9. The number of carboxylic acids is 2. The summed E-state index contributed by atoms with van der Waals surface area (Å²) >= 11 is 0. The third-order valence-corrected chi connectivity index (χ3v) is 6.02. The Kier molecular flexibility index (Phi) is 16.2. The molecule has 0 unspecified atom stereocenters. The topological polar surface area (TPSA) is 229 Å². The number of rotatable bonds is 21. The van der Waals surface area contributed by atoms with E-state index in [4.69, 9.17) is 17.3 Å². The number of aliphatic carboxylic acids is 2. The number of hydrogen-bond acceptors (Lipinski definition) is 10. The lowest BCUT2D eigenvalue weighted by molar-refractivity contribution is -0.139. The van der Waals surface area contributed by atoms with Crippen LogP contribution in [-0.4, -0.2) is 103 Å². The van der Waals surface area contributed by atoms with Crippen molar-refractivity contribution in [3.05, 3.63) is 29.8 Å². The Morgan fingerprint density at radius 3 is 2.31 bits per heavy atom. The molecule has 1 aromatic rings. The molecule has 0 aliphatic heterocycles. The number of ether oxygens (including phenoxy) is 1. The first-order valence-corrected chi connectivity index (χ1v) is 13.5. The summed E-state index contributed by atoms with van der Waals surface area (Å²) in [6.07, 6.45) is 0.00319. The quantitative estimate of drug-likeness (QED) is 0.0678. The first kappa shape index (κ1) is 34.1. The largest absolute Gasteiger partial charge is 0.480 e. The van der Waals surface area contributed by atoms with Gasteiger partial charge < -0.3 is 42.0 Å². The molecule has 0 spiro atoms. The van der Waals surface area contributed by atoms with E-state index < -0.39 is 54.7 Å². The number of anilines is 1. The van der Waals surface area contributed by atoms with Crippen molar-refractivity contribution in [2.45, 2.75) is 51.8 Å². The fraction of sp³-hybridized carbons (Fsp3) is 0.556. The van der Waals surface area contributed by atoms with Gasteiger partial charge in [-0.05, 0) is 42.9 Å². The van der Waals surface area contributed by atoms with Gasteiger partial charge in [0.2, 0.25) is 17.7 Å². The molecule has 0 saturated carbocycles. The number of amides is 3. The molecule has 0 bridgehead atoms. The third kappa shape index (κ3) is 15.6. The summed E-state index contributed by atoms with van der Waals surface area (Å²) < 4.78 is 11.4. The summed E-state index contributed by atoms with van der Waals surface area (Å²) in [6, 6.07) is 4.69.